The molecule has 29 heavy (non-hydrogen) atoms. The van der Waals surface area contributed by atoms with Crippen LogP contribution >= 0.6 is 0 Å². The zero-order chi connectivity index (χ0) is 20.5. The van der Waals surface area contributed by atoms with Crippen LogP contribution in [0.2, 0.25) is 0 Å². The van der Waals surface area contributed by atoms with Crippen LogP contribution in [-0.2, 0) is 19.3 Å². The smallest absolute Gasteiger partial charge is 0.296 e. The van der Waals surface area contributed by atoms with Crippen molar-refractivity contribution in [2.45, 2.75) is 19.3 Å². The summed E-state index contributed by atoms with van der Waals surface area (Å²) in [6, 6.07) is 10.9. The van der Waals surface area contributed by atoms with Crippen molar-refractivity contribution in [2.24, 2.45) is 0 Å². The average molecular weight is 393 g/mol. The van der Waals surface area contributed by atoms with Gasteiger partial charge in [0.1, 0.15) is 11.5 Å². The summed E-state index contributed by atoms with van der Waals surface area (Å²) in [5, 5.41) is 12.6. The van der Waals surface area contributed by atoms with E-state index in [0.717, 1.165) is 45.5 Å². The van der Waals surface area contributed by atoms with E-state index in [9.17, 15) is 14.4 Å². The number of hydroxylamine groups is 2. The third kappa shape index (κ3) is 3.99. The van der Waals surface area contributed by atoms with Crippen molar-refractivity contribution in [2.75, 3.05) is 27.2 Å². The topological polar surface area (TPSA) is 56.7 Å². The van der Waals surface area contributed by atoms with Crippen LogP contribution in [0, 0.1) is 5.82 Å². The molecule has 3 aromatic rings. The standard InChI is InChI=1S/C23H24FN3O2/c1-26(2)9-7-17-12-16(11-15-3-5-19(24)6-4-15)13-18-14-25-22-20(21(17)18)8-10-27(29)23(22)28/h3-6,12-14,29H,7-11H2,1-2H3. The number of hydrogen-bond donors (Lipinski definition) is 1. The van der Waals surface area contributed by atoms with Crippen LogP contribution in [0.25, 0.3) is 10.8 Å². The first-order chi connectivity index (χ1) is 13.9. The Balaban J connectivity index is 1.81. The molecule has 0 fully saturated rings. The van der Waals surface area contributed by atoms with Gasteiger partial charge in [0.2, 0.25) is 0 Å². The van der Waals surface area contributed by atoms with E-state index in [1.807, 2.05) is 14.1 Å². The van der Waals surface area contributed by atoms with Crippen molar-refractivity contribution in [1.82, 2.24) is 14.9 Å². The highest BCUT2D eigenvalue weighted by atomic mass is 19.1. The first-order valence-corrected chi connectivity index (χ1v) is 9.75. The molecule has 0 radical (unpaired) electrons. The lowest BCUT2D eigenvalue weighted by atomic mass is 9.90. The van der Waals surface area contributed by atoms with E-state index in [-0.39, 0.29) is 12.4 Å². The molecular formula is C23H24FN3O2. The third-order valence-corrected chi connectivity index (χ3v) is 5.39. The second kappa shape index (κ2) is 7.89. The van der Waals surface area contributed by atoms with E-state index in [1.165, 1.54) is 17.7 Å². The second-order valence-electron chi connectivity index (χ2n) is 7.84. The quantitative estimate of drug-likeness (QED) is 0.675. The maximum absolute atomic E-state index is 13.2. The molecule has 2 aromatic carbocycles. The predicted molar refractivity (Wildman–Crippen MR) is 110 cm³/mol. The van der Waals surface area contributed by atoms with Crippen LogP contribution < -0.4 is 0 Å². The Morgan fingerprint density at radius 1 is 1.17 bits per heavy atom. The number of rotatable bonds is 5. The van der Waals surface area contributed by atoms with Gasteiger partial charge in [0, 0.05) is 18.1 Å². The molecule has 0 saturated carbocycles. The summed E-state index contributed by atoms with van der Waals surface area (Å²) in [4.78, 5) is 18.8. The van der Waals surface area contributed by atoms with Crippen LogP contribution in [0.5, 0.6) is 0 Å². The van der Waals surface area contributed by atoms with Gasteiger partial charge in [-0.2, -0.15) is 0 Å². The summed E-state index contributed by atoms with van der Waals surface area (Å²) >= 11 is 0. The van der Waals surface area contributed by atoms with Crippen molar-refractivity contribution in [1.29, 1.82) is 0 Å². The number of carbonyl (C=O) groups is 1. The van der Waals surface area contributed by atoms with Gasteiger partial charge >= 0.3 is 0 Å². The zero-order valence-corrected chi connectivity index (χ0v) is 16.7. The number of amides is 1. The number of halogens is 1. The minimum absolute atomic E-state index is 0.239. The van der Waals surface area contributed by atoms with Crippen molar-refractivity contribution in [3.63, 3.8) is 0 Å². The number of hydrogen-bond acceptors (Lipinski definition) is 4. The summed E-state index contributed by atoms with van der Waals surface area (Å²) in [6.45, 7) is 1.16. The van der Waals surface area contributed by atoms with Gasteiger partial charge in [0.05, 0.1) is 6.54 Å². The van der Waals surface area contributed by atoms with Gasteiger partial charge in [-0.3, -0.25) is 15.0 Å². The average Bonchev–Trinajstić information content (AvgIpc) is 2.70. The fourth-order valence-corrected chi connectivity index (χ4v) is 3.95. The first kappa shape index (κ1) is 19.5. The van der Waals surface area contributed by atoms with E-state index >= 15 is 0 Å². The summed E-state index contributed by atoms with van der Waals surface area (Å²) in [5.41, 5.74) is 4.60. The van der Waals surface area contributed by atoms with E-state index in [2.05, 4.69) is 22.0 Å². The second-order valence-corrected chi connectivity index (χ2v) is 7.84. The molecule has 0 unspecified atom stereocenters. The Morgan fingerprint density at radius 3 is 2.66 bits per heavy atom. The van der Waals surface area contributed by atoms with Gasteiger partial charge in [-0.1, -0.05) is 18.2 Å². The summed E-state index contributed by atoms with van der Waals surface area (Å²) < 4.78 is 13.2. The zero-order valence-electron chi connectivity index (χ0n) is 16.7. The molecule has 0 spiro atoms. The highest BCUT2D eigenvalue weighted by Gasteiger charge is 2.27. The molecule has 0 atom stereocenters. The minimum Gasteiger partial charge on any atom is -0.309 e. The van der Waals surface area contributed by atoms with Crippen LogP contribution in [0.3, 0.4) is 0 Å². The maximum Gasteiger partial charge on any atom is 0.296 e. The number of carbonyl (C=O) groups excluding carboxylic acids is 1. The molecule has 150 valence electrons. The monoisotopic (exact) mass is 393 g/mol. The van der Waals surface area contributed by atoms with Crippen molar-refractivity contribution in [3.8, 4) is 0 Å². The van der Waals surface area contributed by atoms with Gasteiger partial charge in [0.15, 0.2) is 0 Å². The van der Waals surface area contributed by atoms with E-state index < -0.39 is 5.91 Å². The third-order valence-electron chi connectivity index (χ3n) is 5.39. The van der Waals surface area contributed by atoms with Crippen LogP contribution in [0.1, 0.15) is 32.7 Å². The number of nitrogens with zero attached hydrogens (tertiary/aromatic N) is 3. The lowest BCUT2D eigenvalue weighted by Gasteiger charge is -2.24. The van der Waals surface area contributed by atoms with Crippen LogP contribution in [-0.4, -0.2) is 53.2 Å². The number of likely N-dealkylation sites (N-methyl/N-ethyl adjacent to an activating group) is 1. The Labute approximate surface area is 169 Å². The summed E-state index contributed by atoms with van der Waals surface area (Å²) in [6.07, 6.45) is 3.84. The molecular weight excluding hydrogens is 369 g/mol. The lowest BCUT2D eigenvalue weighted by molar-refractivity contribution is -0.0606. The molecule has 4 rings (SSSR count). The summed E-state index contributed by atoms with van der Waals surface area (Å²) in [5.74, 6) is -0.681. The molecule has 6 heteroatoms. The molecule has 1 N–H and O–H groups in total. The maximum atomic E-state index is 13.2. The Morgan fingerprint density at radius 2 is 1.93 bits per heavy atom. The van der Waals surface area contributed by atoms with Crippen molar-refractivity contribution in [3.05, 3.63) is 76.4 Å². The van der Waals surface area contributed by atoms with E-state index in [1.54, 1.807) is 18.3 Å². The fraction of sp³-hybridized carbons (Fsp3) is 0.304. The number of benzene rings is 2. The SMILES string of the molecule is CN(C)CCc1cc(Cc2ccc(F)cc2)cc2cnc3c(c12)CCN(O)C3=O. The largest absolute Gasteiger partial charge is 0.309 e. The van der Waals surface area contributed by atoms with Gasteiger partial charge < -0.3 is 4.90 Å². The number of fused-ring (bicyclic) bond motifs is 3. The predicted octanol–water partition coefficient (Wildman–Crippen LogP) is 3.46. The molecule has 0 bridgehead atoms. The molecule has 0 aliphatic carbocycles. The van der Waals surface area contributed by atoms with Gasteiger partial charge in [0.25, 0.3) is 5.91 Å². The minimum atomic E-state index is -0.443. The Hall–Kier alpha value is -2.83. The van der Waals surface area contributed by atoms with E-state index in [0.29, 0.717) is 18.5 Å². The number of pyridine rings is 1. The summed E-state index contributed by atoms with van der Waals surface area (Å²) in [7, 11) is 4.07. The highest BCUT2D eigenvalue weighted by molar-refractivity contribution is 6.01. The molecule has 0 saturated heterocycles. The normalized spacial score (nSPS) is 14.0. The fourth-order valence-electron chi connectivity index (χ4n) is 3.95. The van der Waals surface area contributed by atoms with Gasteiger partial charge in [-0.05, 0) is 79.2 Å². The van der Waals surface area contributed by atoms with Gasteiger partial charge in [-0.25, -0.2) is 9.45 Å². The lowest BCUT2D eigenvalue weighted by Crippen LogP contribution is -2.35. The van der Waals surface area contributed by atoms with Crippen LogP contribution in [0.4, 0.5) is 4.39 Å². The van der Waals surface area contributed by atoms with Crippen LogP contribution in [0.15, 0.2) is 42.6 Å². The number of aromatic nitrogens is 1. The molecule has 5 nitrogen and oxygen atoms in total. The van der Waals surface area contributed by atoms with Crippen molar-refractivity contribution >= 4 is 16.7 Å². The van der Waals surface area contributed by atoms with E-state index in [4.69, 9.17) is 0 Å². The van der Waals surface area contributed by atoms with Crippen molar-refractivity contribution < 1.29 is 14.4 Å². The molecule has 1 amide bonds. The first-order valence-electron chi connectivity index (χ1n) is 9.75. The Bertz CT molecular complexity index is 1060. The molecule has 1 aliphatic heterocycles. The molecule has 2 heterocycles. The molecule has 1 aromatic heterocycles. The molecule has 1 aliphatic rings. The van der Waals surface area contributed by atoms with Gasteiger partial charge in [-0.15, -0.1) is 0 Å². The highest BCUT2D eigenvalue weighted by Crippen LogP contribution is 2.30. The Kier molecular flexibility index (Phi) is 5.30.